The number of nitrogens with zero attached hydrogens (tertiary/aromatic N) is 2. The summed E-state index contributed by atoms with van der Waals surface area (Å²) < 4.78 is 12.8. The van der Waals surface area contributed by atoms with Crippen molar-refractivity contribution < 1.29 is 23.3 Å². The minimum Gasteiger partial charge on any atom is -0.411 e. The zero-order valence-electron chi connectivity index (χ0n) is 11.1. The van der Waals surface area contributed by atoms with Gasteiger partial charge in [0.25, 0.3) is 0 Å². The molecule has 21 heavy (non-hydrogen) atoms. The smallest absolute Gasteiger partial charge is 0.411 e. The third kappa shape index (κ3) is 3.47. The van der Waals surface area contributed by atoms with E-state index < -0.39 is 5.56 Å². The van der Waals surface area contributed by atoms with Gasteiger partial charge in [-0.15, -0.1) is 0 Å². The van der Waals surface area contributed by atoms with E-state index in [-0.39, 0.29) is 41.8 Å². The van der Waals surface area contributed by atoms with Crippen LogP contribution < -0.4 is 24.4 Å². The summed E-state index contributed by atoms with van der Waals surface area (Å²) in [6.07, 6.45) is 0. The third-order valence-electron chi connectivity index (χ3n) is 2.63. The molecule has 0 aliphatic rings. The Bertz CT molecular complexity index is 817. The van der Waals surface area contributed by atoms with Crippen LogP contribution in [0.5, 0.6) is 0 Å². The number of rotatable bonds is 3. The molecule has 3 rings (SSSR count). The van der Waals surface area contributed by atoms with Crippen molar-refractivity contribution in [3.63, 3.8) is 0 Å². The number of aromatic amines is 2. The molecule has 0 aliphatic heterocycles. The van der Waals surface area contributed by atoms with Crippen LogP contribution in [0.1, 0.15) is 5.56 Å². The molecule has 0 atom stereocenters. The van der Waals surface area contributed by atoms with Gasteiger partial charge in [-0.3, -0.25) is 4.79 Å². The topological polar surface area (TPSA) is 98.2 Å². The minimum absolute atomic E-state index is 0. The zero-order chi connectivity index (χ0) is 14.1. The Balaban J connectivity index is 0.00000161. The van der Waals surface area contributed by atoms with Crippen LogP contribution in [0.2, 0.25) is 0 Å². The van der Waals surface area contributed by atoms with E-state index in [1.54, 1.807) is 12.1 Å². The summed E-state index contributed by atoms with van der Waals surface area (Å²) in [6, 6.07) is 6.18. The molecule has 0 radical (unpaired) electrons. The van der Waals surface area contributed by atoms with Crippen molar-refractivity contribution >= 4 is 28.9 Å². The van der Waals surface area contributed by atoms with E-state index in [4.69, 9.17) is 5.73 Å². The number of fused-ring (bicyclic) bond motifs is 1. The summed E-state index contributed by atoms with van der Waals surface area (Å²) in [4.78, 5) is 24.7. The second-order valence-electron chi connectivity index (χ2n) is 4.07. The van der Waals surface area contributed by atoms with Crippen molar-refractivity contribution in [2.75, 3.05) is 0 Å². The number of aromatic nitrogens is 4. The summed E-state index contributed by atoms with van der Waals surface area (Å²) in [5.41, 5.74) is 8.32. The fourth-order valence-electron chi connectivity index (χ4n) is 1.69. The van der Waals surface area contributed by atoms with E-state index >= 15 is 0 Å². The fourth-order valence-corrected chi connectivity index (χ4v) is 2.51. The number of imidazole rings is 1. The molecule has 3 aromatic rings. The summed E-state index contributed by atoms with van der Waals surface area (Å²) in [5, 5.41) is 0.535. The molecule has 6 nitrogen and oxygen atoms in total. The van der Waals surface area contributed by atoms with E-state index in [9.17, 15) is 9.18 Å². The second-order valence-corrected chi connectivity index (χ2v) is 5.03. The van der Waals surface area contributed by atoms with Gasteiger partial charge in [0.05, 0.1) is 0 Å². The van der Waals surface area contributed by atoms with Gasteiger partial charge in [0.2, 0.25) is 5.56 Å². The minimum atomic E-state index is -0.416. The van der Waals surface area contributed by atoms with Gasteiger partial charge in [0.15, 0.2) is 5.16 Å². The van der Waals surface area contributed by atoms with Crippen LogP contribution >= 0.6 is 11.8 Å². The monoisotopic (exact) mass is 297 g/mol. The summed E-state index contributed by atoms with van der Waals surface area (Å²) in [5.74, 6) is 0.0939. The van der Waals surface area contributed by atoms with Gasteiger partial charge in [-0.1, -0.05) is 23.9 Å². The Morgan fingerprint density at radius 3 is 2.62 bits per heavy atom. The molecule has 2 heterocycles. The van der Waals surface area contributed by atoms with Crippen molar-refractivity contribution in [1.82, 2.24) is 19.9 Å². The Morgan fingerprint density at radius 2 is 1.90 bits per heavy atom. The Kier molecular flexibility index (Phi) is 4.72. The molecule has 0 fully saturated rings. The molecule has 9 heteroatoms. The second kappa shape index (κ2) is 6.35. The first-order valence-electron chi connectivity index (χ1n) is 5.71. The number of hydrogen-bond acceptors (Lipinski definition) is 4. The van der Waals surface area contributed by atoms with Crippen molar-refractivity contribution in [3.05, 3.63) is 51.7 Å². The van der Waals surface area contributed by atoms with E-state index in [1.807, 2.05) is 0 Å². The quantitative estimate of drug-likeness (QED) is 0.515. The van der Waals surface area contributed by atoms with Crippen LogP contribution in [0.4, 0.5) is 10.3 Å². The van der Waals surface area contributed by atoms with Crippen molar-refractivity contribution in [2.24, 2.45) is 0 Å². The first-order chi connectivity index (χ1) is 9.61. The van der Waals surface area contributed by atoms with Crippen LogP contribution in [0, 0.1) is 5.82 Å². The number of nitrogens with one attached hydrogen (secondary N) is 3. The van der Waals surface area contributed by atoms with E-state index in [2.05, 4.69) is 19.9 Å². The molecule has 0 spiro atoms. The molecule has 0 bridgehead atoms. The first-order valence-corrected chi connectivity index (χ1v) is 6.69. The maximum Gasteiger partial charge on any atom is 1.00 e. The molecule has 2 aromatic heterocycles. The van der Waals surface area contributed by atoms with Gasteiger partial charge >= 0.3 is 18.9 Å². The van der Waals surface area contributed by atoms with Gasteiger partial charge in [0.1, 0.15) is 17.0 Å². The van der Waals surface area contributed by atoms with Gasteiger partial charge < -0.3 is 20.7 Å². The maximum atomic E-state index is 12.8. The molecule has 0 unspecified atom stereocenters. The average molecular weight is 297 g/mol. The number of halogens is 1. The standard InChI is InChI=1S/C12H10FN5OS.Li/c13-7-3-1-6(2-4-7)5-20-12-15-8-9(17-12)16-11(14)18-10(8)19;/h1-4H,5H2,(H4,14,15,16,17,18,19);/q;+1/p-1. The largest absolute Gasteiger partial charge is 1.00 e. The van der Waals surface area contributed by atoms with Crippen LogP contribution in [-0.4, -0.2) is 19.9 Å². The Labute approximate surface area is 134 Å². The third-order valence-corrected chi connectivity index (χ3v) is 3.57. The summed E-state index contributed by atoms with van der Waals surface area (Å²) >= 11 is 1.38. The molecule has 0 aliphatic carbocycles. The summed E-state index contributed by atoms with van der Waals surface area (Å²) in [6.45, 7) is 0. The predicted molar refractivity (Wildman–Crippen MR) is 74.5 cm³/mol. The van der Waals surface area contributed by atoms with Gasteiger partial charge in [-0.25, -0.2) is 9.37 Å². The molecule has 0 saturated heterocycles. The Morgan fingerprint density at radius 1 is 1.19 bits per heavy atom. The van der Waals surface area contributed by atoms with Crippen molar-refractivity contribution in [3.8, 4) is 0 Å². The van der Waals surface area contributed by atoms with Crippen molar-refractivity contribution in [2.45, 2.75) is 10.9 Å². The molecule has 3 N–H and O–H groups in total. The number of hydrogen-bond donors (Lipinski definition) is 2. The van der Waals surface area contributed by atoms with Crippen LogP contribution in [0.15, 0.2) is 34.2 Å². The summed E-state index contributed by atoms with van der Waals surface area (Å²) in [7, 11) is 0. The first kappa shape index (κ1) is 15.6. The maximum absolute atomic E-state index is 12.8. The van der Waals surface area contributed by atoms with E-state index in [0.717, 1.165) is 5.56 Å². The van der Waals surface area contributed by atoms with E-state index in [0.29, 0.717) is 10.9 Å². The molecule has 1 aromatic carbocycles. The Hall–Kier alpha value is -1.75. The fraction of sp³-hybridized carbons (Fsp3) is 0.0833. The zero-order valence-corrected chi connectivity index (χ0v) is 11.9. The number of H-pyrrole nitrogens is 2. The van der Waals surface area contributed by atoms with Gasteiger partial charge in [-0.2, -0.15) is 0 Å². The van der Waals surface area contributed by atoms with E-state index in [1.165, 1.54) is 23.9 Å². The molecular weight excluding hydrogens is 288 g/mol. The molecule has 0 saturated carbocycles. The van der Waals surface area contributed by atoms with Crippen molar-refractivity contribution in [1.29, 1.82) is 0 Å². The number of benzene rings is 1. The van der Waals surface area contributed by atoms with Crippen LogP contribution in [-0.2, 0) is 5.75 Å². The van der Waals surface area contributed by atoms with Crippen LogP contribution in [0.3, 0.4) is 0 Å². The normalized spacial score (nSPS) is 10.5. The average Bonchev–Trinajstić information content (AvgIpc) is 2.81. The van der Waals surface area contributed by atoms with Gasteiger partial charge in [-0.05, 0) is 17.7 Å². The number of thioether (sulfide) groups is 1. The molecular formula is C12H9FLiN5OS. The molecule has 102 valence electrons. The molecule has 0 amide bonds. The predicted octanol–water partition coefficient (Wildman–Crippen LogP) is -0.235. The van der Waals surface area contributed by atoms with Crippen LogP contribution in [0.25, 0.3) is 16.9 Å². The van der Waals surface area contributed by atoms with Gasteiger partial charge in [0, 0.05) is 11.7 Å². The SMILES string of the molecule is [Li+].[NH-]c1nc2nc(SCc3ccc(F)cc3)[nH]c2c(=O)[nH]1.